The minimum absolute atomic E-state index is 0.276. The molecule has 1 fully saturated rings. The number of nitrogens with zero attached hydrogens (tertiary/aromatic N) is 1. The summed E-state index contributed by atoms with van der Waals surface area (Å²) in [5.74, 6) is 0. The predicted octanol–water partition coefficient (Wildman–Crippen LogP) is 1.21. The van der Waals surface area contributed by atoms with Crippen LogP contribution in [0.25, 0.3) is 0 Å². The van der Waals surface area contributed by atoms with E-state index in [1.807, 2.05) is 25.7 Å². The van der Waals surface area contributed by atoms with E-state index in [0.717, 1.165) is 6.61 Å². The smallest absolute Gasteiger partial charge is 0.258 e. The molecule has 0 amide bonds. The van der Waals surface area contributed by atoms with E-state index in [2.05, 4.69) is 0 Å². The Kier molecular flexibility index (Phi) is 2.42. The van der Waals surface area contributed by atoms with E-state index >= 15 is 0 Å². The molecule has 0 aromatic heterocycles. The van der Waals surface area contributed by atoms with Gasteiger partial charge < -0.3 is 9.05 Å². The van der Waals surface area contributed by atoms with Crippen LogP contribution < -0.4 is 0 Å². The lowest BCUT2D eigenvalue weighted by Crippen LogP contribution is -2.04. The fourth-order valence-corrected chi connectivity index (χ4v) is 1.78. The second kappa shape index (κ2) is 2.93. The Balaban J connectivity index is 2.30. The Labute approximate surface area is 56.9 Å². The number of rotatable bonds is 1. The summed E-state index contributed by atoms with van der Waals surface area (Å²) in [5.41, 5.74) is 0. The van der Waals surface area contributed by atoms with E-state index in [9.17, 15) is 0 Å². The third-order valence-corrected chi connectivity index (χ3v) is 2.58. The monoisotopic (exact) mass is 149 g/mol. The van der Waals surface area contributed by atoms with E-state index in [-0.39, 0.29) is 6.10 Å². The van der Waals surface area contributed by atoms with E-state index in [0.29, 0.717) is 0 Å². The van der Waals surface area contributed by atoms with Crippen molar-refractivity contribution in [2.75, 3.05) is 20.7 Å². The third kappa shape index (κ3) is 1.87. The lowest BCUT2D eigenvalue weighted by atomic mass is 10.5. The molecule has 0 aromatic rings. The second-order valence-electron chi connectivity index (χ2n) is 2.30. The highest BCUT2D eigenvalue weighted by molar-refractivity contribution is 7.44. The van der Waals surface area contributed by atoms with Gasteiger partial charge in [0.15, 0.2) is 0 Å². The largest absolute Gasteiger partial charge is 0.319 e. The molecular weight excluding hydrogens is 137 g/mol. The van der Waals surface area contributed by atoms with Crippen LogP contribution in [-0.4, -0.2) is 31.5 Å². The van der Waals surface area contributed by atoms with E-state index < -0.39 is 8.53 Å². The Morgan fingerprint density at radius 3 is 2.44 bits per heavy atom. The van der Waals surface area contributed by atoms with Crippen LogP contribution in [0.15, 0.2) is 0 Å². The van der Waals surface area contributed by atoms with Gasteiger partial charge in [0.1, 0.15) is 0 Å². The molecule has 0 N–H and O–H groups in total. The third-order valence-electron chi connectivity index (χ3n) is 1.02. The fourth-order valence-electron chi connectivity index (χ4n) is 0.593. The fraction of sp³-hybridized carbons (Fsp3) is 1.00. The summed E-state index contributed by atoms with van der Waals surface area (Å²) < 4.78 is 12.7. The van der Waals surface area contributed by atoms with Crippen molar-refractivity contribution in [1.82, 2.24) is 4.67 Å². The molecule has 1 aliphatic rings. The standard InChI is InChI=1S/C5H12NO2P/c1-5-4-7-9(8-5)6(2)3/h5H,4H2,1-3H3/t5-,9?/m0/s1. The Hall–Kier alpha value is 0.310. The second-order valence-corrected chi connectivity index (χ2v) is 4.04. The van der Waals surface area contributed by atoms with Gasteiger partial charge in [-0.3, -0.25) is 0 Å². The molecule has 0 aromatic carbocycles. The van der Waals surface area contributed by atoms with Gasteiger partial charge in [-0.05, 0) is 21.0 Å². The highest BCUT2D eigenvalue weighted by Crippen LogP contribution is 2.46. The summed E-state index contributed by atoms with van der Waals surface area (Å²) in [6.45, 7) is 2.76. The van der Waals surface area contributed by atoms with Crippen LogP contribution in [0.3, 0.4) is 0 Å². The Bertz CT molecular complexity index is 99.0. The van der Waals surface area contributed by atoms with Gasteiger partial charge in [0.2, 0.25) is 0 Å². The Morgan fingerprint density at radius 2 is 2.22 bits per heavy atom. The molecule has 0 bridgehead atoms. The van der Waals surface area contributed by atoms with Gasteiger partial charge in [-0.2, -0.15) is 0 Å². The molecular formula is C5H12NO2P. The lowest BCUT2D eigenvalue weighted by Gasteiger charge is -2.14. The highest BCUT2D eigenvalue weighted by Gasteiger charge is 2.25. The van der Waals surface area contributed by atoms with Crippen molar-refractivity contribution in [2.24, 2.45) is 0 Å². The Morgan fingerprint density at radius 1 is 1.56 bits per heavy atom. The SMILES string of the molecule is C[C@H]1COP(N(C)C)O1. The minimum atomic E-state index is -0.710. The molecule has 1 aliphatic heterocycles. The predicted molar refractivity (Wildman–Crippen MR) is 37.1 cm³/mol. The quantitative estimate of drug-likeness (QED) is 0.523. The van der Waals surface area contributed by atoms with Crippen molar-refractivity contribution in [1.29, 1.82) is 0 Å². The molecule has 0 aliphatic carbocycles. The van der Waals surface area contributed by atoms with Crippen molar-refractivity contribution in [3.8, 4) is 0 Å². The van der Waals surface area contributed by atoms with Gasteiger partial charge in [0.25, 0.3) is 8.53 Å². The van der Waals surface area contributed by atoms with Crippen LogP contribution in [0.5, 0.6) is 0 Å². The first-order valence-corrected chi connectivity index (χ1v) is 4.10. The van der Waals surface area contributed by atoms with E-state index in [1.165, 1.54) is 0 Å². The maximum atomic E-state index is 5.39. The van der Waals surface area contributed by atoms with Crippen molar-refractivity contribution in [2.45, 2.75) is 13.0 Å². The average Bonchev–Trinajstić information content (AvgIpc) is 2.14. The summed E-state index contributed by atoms with van der Waals surface area (Å²) in [4.78, 5) is 0. The van der Waals surface area contributed by atoms with E-state index in [1.54, 1.807) is 0 Å². The van der Waals surface area contributed by atoms with Gasteiger partial charge in [0.05, 0.1) is 12.7 Å². The van der Waals surface area contributed by atoms with E-state index in [4.69, 9.17) is 9.05 Å². The maximum Gasteiger partial charge on any atom is 0.258 e. The molecule has 0 spiro atoms. The summed E-state index contributed by atoms with van der Waals surface area (Å²) >= 11 is 0. The molecule has 0 saturated carbocycles. The summed E-state index contributed by atoms with van der Waals surface area (Å²) in [7, 11) is 3.21. The van der Waals surface area contributed by atoms with Gasteiger partial charge in [-0.1, -0.05) is 0 Å². The molecule has 1 unspecified atom stereocenters. The van der Waals surface area contributed by atoms with Crippen LogP contribution >= 0.6 is 8.53 Å². The first kappa shape index (κ1) is 7.42. The molecule has 9 heavy (non-hydrogen) atoms. The van der Waals surface area contributed by atoms with Gasteiger partial charge >= 0.3 is 0 Å². The summed E-state index contributed by atoms with van der Waals surface area (Å²) in [5, 5.41) is 0. The first-order chi connectivity index (χ1) is 4.20. The molecule has 54 valence electrons. The average molecular weight is 149 g/mol. The van der Waals surface area contributed by atoms with Crippen LogP contribution in [0.4, 0.5) is 0 Å². The lowest BCUT2D eigenvalue weighted by molar-refractivity contribution is 0.259. The number of hydrogen-bond donors (Lipinski definition) is 0. The minimum Gasteiger partial charge on any atom is -0.319 e. The van der Waals surface area contributed by atoms with Crippen molar-refractivity contribution >= 4 is 8.53 Å². The van der Waals surface area contributed by atoms with Crippen molar-refractivity contribution in [3.63, 3.8) is 0 Å². The zero-order valence-corrected chi connectivity index (χ0v) is 6.89. The maximum absolute atomic E-state index is 5.39. The molecule has 4 heteroatoms. The zero-order valence-electron chi connectivity index (χ0n) is 6.00. The molecule has 3 nitrogen and oxygen atoms in total. The van der Waals surface area contributed by atoms with Gasteiger partial charge in [-0.25, -0.2) is 4.67 Å². The van der Waals surface area contributed by atoms with Crippen LogP contribution in [0.2, 0.25) is 0 Å². The number of hydrogen-bond acceptors (Lipinski definition) is 3. The molecule has 1 heterocycles. The molecule has 1 rings (SSSR count). The summed E-state index contributed by atoms with van der Waals surface area (Å²) in [6.07, 6.45) is 0.276. The van der Waals surface area contributed by atoms with Crippen LogP contribution in [0, 0.1) is 0 Å². The van der Waals surface area contributed by atoms with Crippen molar-refractivity contribution < 1.29 is 9.05 Å². The van der Waals surface area contributed by atoms with Crippen LogP contribution in [-0.2, 0) is 9.05 Å². The molecule has 0 radical (unpaired) electrons. The van der Waals surface area contributed by atoms with Crippen LogP contribution in [0.1, 0.15) is 6.92 Å². The van der Waals surface area contributed by atoms with Gasteiger partial charge in [-0.15, -0.1) is 0 Å². The molecule has 1 saturated heterocycles. The normalized spacial score (nSPS) is 36.0. The first-order valence-electron chi connectivity index (χ1n) is 2.97. The topological polar surface area (TPSA) is 21.7 Å². The van der Waals surface area contributed by atoms with Gasteiger partial charge in [0, 0.05) is 0 Å². The summed E-state index contributed by atoms with van der Waals surface area (Å²) in [6, 6.07) is 0. The van der Waals surface area contributed by atoms with Crippen molar-refractivity contribution in [3.05, 3.63) is 0 Å². The highest BCUT2D eigenvalue weighted by atomic mass is 31.2. The zero-order chi connectivity index (χ0) is 6.85. The molecule has 2 atom stereocenters.